The molecule has 0 aromatic carbocycles. The maximum atomic E-state index is 5.54. The standard InChI is InChI=1S/C14H28N2O/c1-3-7-15-13-4-8-16(9-5-13)14-6-10-17-11-12(14)2/h12-15H,3-11H2,1-2H3. The fraction of sp³-hybridized carbons (Fsp3) is 1.00. The first-order valence-corrected chi connectivity index (χ1v) is 7.36. The maximum Gasteiger partial charge on any atom is 0.0506 e. The second-order valence-electron chi connectivity index (χ2n) is 5.67. The third kappa shape index (κ3) is 3.67. The van der Waals surface area contributed by atoms with Crippen LogP contribution in [0.15, 0.2) is 0 Å². The second-order valence-corrected chi connectivity index (χ2v) is 5.67. The third-order valence-corrected chi connectivity index (χ3v) is 4.28. The summed E-state index contributed by atoms with van der Waals surface area (Å²) in [7, 11) is 0. The van der Waals surface area contributed by atoms with Gasteiger partial charge in [-0.15, -0.1) is 0 Å². The molecule has 17 heavy (non-hydrogen) atoms. The van der Waals surface area contributed by atoms with Gasteiger partial charge < -0.3 is 10.1 Å². The minimum absolute atomic E-state index is 0.712. The van der Waals surface area contributed by atoms with Gasteiger partial charge in [0.2, 0.25) is 0 Å². The molecular formula is C14H28N2O. The number of likely N-dealkylation sites (tertiary alicyclic amines) is 1. The van der Waals surface area contributed by atoms with Crippen LogP contribution >= 0.6 is 0 Å². The molecule has 0 aliphatic carbocycles. The van der Waals surface area contributed by atoms with Gasteiger partial charge in [0.25, 0.3) is 0 Å². The number of ether oxygens (including phenoxy) is 1. The Morgan fingerprint density at radius 3 is 2.65 bits per heavy atom. The lowest BCUT2D eigenvalue weighted by Crippen LogP contribution is -2.51. The molecule has 3 nitrogen and oxygen atoms in total. The monoisotopic (exact) mass is 240 g/mol. The molecule has 1 N–H and O–H groups in total. The Morgan fingerprint density at radius 1 is 1.24 bits per heavy atom. The summed E-state index contributed by atoms with van der Waals surface area (Å²) in [5.74, 6) is 0.712. The molecule has 2 saturated heterocycles. The fourth-order valence-electron chi connectivity index (χ4n) is 3.20. The van der Waals surface area contributed by atoms with Crippen LogP contribution in [-0.2, 0) is 4.74 Å². The average Bonchev–Trinajstić information content (AvgIpc) is 2.38. The van der Waals surface area contributed by atoms with Gasteiger partial charge in [-0.25, -0.2) is 0 Å². The summed E-state index contributed by atoms with van der Waals surface area (Å²) < 4.78 is 5.54. The van der Waals surface area contributed by atoms with Gasteiger partial charge >= 0.3 is 0 Å². The molecule has 0 aromatic rings. The van der Waals surface area contributed by atoms with E-state index in [-0.39, 0.29) is 0 Å². The zero-order valence-corrected chi connectivity index (χ0v) is 11.5. The smallest absolute Gasteiger partial charge is 0.0506 e. The van der Waals surface area contributed by atoms with E-state index in [2.05, 4.69) is 24.1 Å². The summed E-state index contributed by atoms with van der Waals surface area (Å²) in [5, 5.41) is 3.65. The highest BCUT2D eigenvalue weighted by molar-refractivity contribution is 4.85. The molecule has 2 heterocycles. The Balaban J connectivity index is 1.74. The van der Waals surface area contributed by atoms with Gasteiger partial charge in [-0.3, -0.25) is 4.90 Å². The molecule has 2 unspecified atom stereocenters. The zero-order valence-electron chi connectivity index (χ0n) is 11.5. The predicted molar refractivity (Wildman–Crippen MR) is 71.3 cm³/mol. The van der Waals surface area contributed by atoms with Crippen molar-refractivity contribution < 1.29 is 4.74 Å². The molecule has 0 bridgehead atoms. The normalized spacial score (nSPS) is 32.8. The summed E-state index contributed by atoms with van der Waals surface area (Å²) >= 11 is 0. The highest BCUT2D eigenvalue weighted by atomic mass is 16.5. The van der Waals surface area contributed by atoms with E-state index in [1.807, 2.05) is 0 Å². The Labute approximate surface area is 106 Å². The largest absolute Gasteiger partial charge is 0.381 e. The van der Waals surface area contributed by atoms with Crippen LogP contribution in [0.5, 0.6) is 0 Å². The molecule has 2 fully saturated rings. The number of nitrogens with zero attached hydrogens (tertiary/aromatic N) is 1. The minimum atomic E-state index is 0.712. The van der Waals surface area contributed by atoms with Gasteiger partial charge in [0.05, 0.1) is 6.61 Å². The first-order valence-electron chi connectivity index (χ1n) is 7.36. The summed E-state index contributed by atoms with van der Waals surface area (Å²) in [4.78, 5) is 2.71. The van der Waals surface area contributed by atoms with Crippen molar-refractivity contribution in [1.29, 1.82) is 0 Å². The summed E-state index contributed by atoms with van der Waals surface area (Å²) in [6.45, 7) is 10.2. The van der Waals surface area contributed by atoms with Crippen molar-refractivity contribution >= 4 is 0 Å². The second kappa shape index (κ2) is 6.72. The Bertz CT molecular complexity index is 214. The highest BCUT2D eigenvalue weighted by Crippen LogP contribution is 2.23. The first-order chi connectivity index (χ1) is 8.31. The van der Waals surface area contributed by atoms with Gasteiger partial charge in [-0.2, -0.15) is 0 Å². The molecule has 0 aromatic heterocycles. The van der Waals surface area contributed by atoms with E-state index in [0.29, 0.717) is 5.92 Å². The van der Waals surface area contributed by atoms with Crippen LogP contribution in [0.3, 0.4) is 0 Å². The van der Waals surface area contributed by atoms with Crippen LogP contribution < -0.4 is 5.32 Å². The van der Waals surface area contributed by atoms with Crippen LogP contribution in [-0.4, -0.2) is 49.8 Å². The molecule has 0 saturated carbocycles. The lowest BCUT2D eigenvalue weighted by atomic mass is 9.93. The Morgan fingerprint density at radius 2 is 2.00 bits per heavy atom. The van der Waals surface area contributed by atoms with Crippen molar-refractivity contribution in [3.63, 3.8) is 0 Å². The molecule has 2 atom stereocenters. The van der Waals surface area contributed by atoms with E-state index >= 15 is 0 Å². The summed E-state index contributed by atoms with van der Waals surface area (Å²) in [5.41, 5.74) is 0. The van der Waals surface area contributed by atoms with Crippen molar-refractivity contribution in [1.82, 2.24) is 10.2 Å². The van der Waals surface area contributed by atoms with Gasteiger partial charge in [0.1, 0.15) is 0 Å². The Kier molecular flexibility index (Phi) is 5.26. The van der Waals surface area contributed by atoms with Crippen molar-refractivity contribution in [2.45, 2.75) is 51.6 Å². The van der Waals surface area contributed by atoms with E-state index in [1.165, 1.54) is 45.3 Å². The van der Waals surface area contributed by atoms with Crippen LogP contribution in [0, 0.1) is 5.92 Å². The molecule has 0 amide bonds. The number of piperidine rings is 1. The lowest BCUT2D eigenvalue weighted by molar-refractivity contribution is -0.0142. The van der Waals surface area contributed by atoms with Crippen LogP contribution in [0.25, 0.3) is 0 Å². The quantitative estimate of drug-likeness (QED) is 0.812. The number of nitrogens with one attached hydrogen (secondary N) is 1. The first kappa shape index (κ1) is 13.3. The van der Waals surface area contributed by atoms with Crippen molar-refractivity contribution in [3.05, 3.63) is 0 Å². The molecule has 2 aliphatic rings. The van der Waals surface area contributed by atoms with Crippen molar-refractivity contribution in [2.75, 3.05) is 32.8 Å². The molecule has 2 rings (SSSR count). The van der Waals surface area contributed by atoms with Gasteiger partial charge in [-0.1, -0.05) is 13.8 Å². The fourth-order valence-corrected chi connectivity index (χ4v) is 3.20. The number of rotatable bonds is 4. The van der Waals surface area contributed by atoms with E-state index in [4.69, 9.17) is 4.74 Å². The SMILES string of the molecule is CCCNC1CCN(C2CCOCC2C)CC1. The van der Waals surface area contributed by atoms with Gasteiger partial charge in [0.15, 0.2) is 0 Å². The van der Waals surface area contributed by atoms with Crippen LogP contribution in [0.4, 0.5) is 0 Å². The highest BCUT2D eigenvalue weighted by Gasteiger charge is 2.30. The number of hydrogen-bond acceptors (Lipinski definition) is 3. The molecule has 0 radical (unpaired) electrons. The number of hydrogen-bond donors (Lipinski definition) is 1. The van der Waals surface area contributed by atoms with E-state index < -0.39 is 0 Å². The van der Waals surface area contributed by atoms with E-state index in [1.54, 1.807) is 0 Å². The minimum Gasteiger partial charge on any atom is -0.381 e. The van der Waals surface area contributed by atoms with Gasteiger partial charge in [-0.05, 0) is 51.2 Å². The van der Waals surface area contributed by atoms with Crippen LogP contribution in [0.2, 0.25) is 0 Å². The van der Waals surface area contributed by atoms with Crippen LogP contribution in [0.1, 0.15) is 39.5 Å². The topological polar surface area (TPSA) is 24.5 Å². The molecule has 0 spiro atoms. The molecular weight excluding hydrogens is 212 g/mol. The summed E-state index contributed by atoms with van der Waals surface area (Å²) in [6.07, 6.45) is 5.12. The zero-order chi connectivity index (χ0) is 12.1. The summed E-state index contributed by atoms with van der Waals surface area (Å²) in [6, 6.07) is 1.54. The van der Waals surface area contributed by atoms with E-state index in [9.17, 15) is 0 Å². The molecule has 2 aliphatic heterocycles. The van der Waals surface area contributed by atoms with Crippen molar-refractivity contribution in [2.24, 2.45) is 5.92 Å². The molecule has 3 heteroatoms. The maximum absolute atomic E-state index is 5.54. The third-order valence-electron chi connectivity index (χ3n) is 4.28. The van der Waals surface area contributed by atoms with Crippen molar-refractivity contribution in [3.8, 4) is 0 Å². The Hall–Kier alpha value is -0.120. The van der Waals surface area contributed by atoms with E-state index in [0.717, 1.165) is 25.3 Å². The molecule has 100 valence electrons. The lowest BCUT2D eigenvalue weighted by Gasteiger charge is -2.42. The predicted octanol–water partition coefficient (Wildman–Crippen LogP) is 1.88. The van der Waals surface area contributed by atoms with Gasteiger partial charge in [0, 0.05) is 18.7 Å². The average molecular weight is 240 g/mol.